The molecule has 1 atom stereocenters. The van der Waals surface area contributed by atoms with Crippen LogP contribution < -0.4 is 4.74 Å². The van der Waals surface area contributed by atoms with E-state index >= 15 is 0 Å². The molecule has 2 N–H and O–H groups in total. The molecule has 7 heteroatoms. The first-order valence-corrected chi connectivity index (χ1v) is 10.7. The second-order valence-electron chi connectivity index (χ2n) is 5.47. The van der Waals surface area contributed by atoms with Crippen LogP contribution in [0.4, 0.5) is 0 Å². The van der Waals surface area contributed by atoms with Crippen LogP contribution in [-0.4, -0.2) is 31.6 Å². The Kier molecular flexibility index (Phi) is 7.37. The number of aromatic hydroxyl groups is 1. The van der Waals surface area contributed by atoms with E-state index in [4.69, 9.17) is 20.8 Å². The second-order valence-corrected chi connectivity index (χ2v) is 10.6. The largest absolute Gasteiger partial charge is 0.503 e. The molecule has 0 radical (unpaired) electrons. The fraction of sp³-hybridized carbons (Fsp3) is 0.562. The summed E-state index contributed by atoms with van der Waals surface area (Å²) in [5, 5.41) is 19.4. The van der Waals surface area contributed by atoms with Crippen molar-refractivity contribution in [3.05, 3.63) is 22.7 Å². The molecule has 0 aliphatic carbocycles. The van der Waals surface area contributed by atoms with Crippen molar-refractivity contribution in [2.45, 2.75) is 51.4 Å². The normalized spacial score (nSPS) is 12.9. The Morgan fingerprint density at radius 1 is 1.26 bits per heavy atom. The van der Waals surface area contributed by atoms with Crippen LogP contribution in [0.5, 0.6) is 11.5 Å². The zero-order valence-corrected chi connectivity index (χ0v) is 15.8. The van der Waals surface area contributed by atoms with Gasteiger partial charge in [0.05, 0.1) is 24.7 Å². The average molecular weight is 361 g/mol. The minimum atomic E-state index is -2.03. The molecule has 1 aromatic carbocycles. The third kappa shape index (κ3) is 4.62. The molecule has 0 heterocycles. The van der Waals surface area contributed by atoms with Crippen molar-refractivity contribution in [3.8, 4) is 11.5 Å². The number of halogens is 1. The van der Waals surface area contributed by atoms with Crippen molar-refractivity contribution >= 4 is 25.9 Å². The molecule has 0 amide bonds. The Bertz CT molecular complexity index is 537. The number of benzene rings is 1. The maximum Gasteiger partial charge on any atom is 0.306 e. The Morgan fingerprint density at radius 2 is 1.83 bits per heavy atom. The van der Waals surface area contributed by atoms with E-state index in [9.17, 15) is 15.0 Å². The second kappa shape index (κ2) is 8.56. The van der Waals surface area contributed by atoms with Crippen molar-refractivity contribution in [2.75, 3.05) is 7.11 Å². The number of hydrogen-bond acceptors (Lipinski definition) is 4. The summed E-state index contributed by atoms with van der Waals surface area (Å²) in [6.45, 7) is 6.22. The minimum Gasteiger partial charge on any atom is -0.503 e. The predicted molar refractivity (Wildman–Crippen MR) is 92.9 cm³/mol. The number of methoxy groups -OCH3 is 1. The molecule has 1 aromatic rings. The van der Waals surface area contributed by atoms with Gasteiger partial charge in [-0.1, -0.05) is 38.4 Å². The zero-order chi connectivity index (χ0) is 17.6. The molecule has 0 bridgehead atoms. The van der Waals surface area contributed by atoms with E-state index in [1.807, 2.05) is 0 Å². The number of phenols is 1. The van der Waals surface area contributed by atoms with E-state index in [2.05, 4.69) is 20.8 Å². The van der Waals surface area contributed by atoms with Crippen molar-refractivity contribution in [1.29, 1.82) is 0 Å². The Hall–Kier alpha value is -1.24. The maximum absolute atomic E-state index is 11.3. The highest BCUT2D eigenvalue weighted by molar-refractivity contribution is 6.73. The summed E-state index contributed by atoms with van der Waals surface area (Å²) >= 11 is 6.23. The van der Waals surface area contributed by atoms with Crippen LogP contribution in [0.3, 0.4) is 0 Å². The SMILES string of the molecule is CC[Si](CC)(CC)O[C@@H](CC(=O)O)c1ccc(OC)c(O)c1Cl. The third-order valence-corrected chi connectivity index (χ3v) is 9.41. The number of phenolic OH excluding ortho intramolecular Hbond substituents is 1. The molecule has 0 aliphatic heterocycles. The molecular formula is C16H25ClO5Si. The first-order chi connectivity index (χ1) is 10.8. The monoisotopic (exact) mass is 360 g/mol. The molecule has 5 nitrogen and oxygen atoms in total. The van der Waals surface area contributed by atoms with Crippen molar-refractivity contribution in [3.63, 3.8) is 0 Å². The number of hydrogen-bond donors (Lipinski definition) is 2. The Morgan fingerprint density at radius 3 is 2.26 bits per heavy atom. The standard InChI is InChI=1S/C16H25ClO5Si/c1-5-23(6-2,7-3)22-13(10-14(18)19)11-8-9-12(21-4)16(20)15(11)17/h8-9,13,20H,5-7,10H2,1-4H3,(H,18,19)/t13-/m0/s1. The summed E-state index contributed by atoms with van der Waals surface area (Å²) in [6.07, 6.45) is -0.872. The van der Waals surface area contributed by atoms with Gasteiger partial charge in [-0.15, -0.1) is 0 Å². The van der Waals surface area contributed by atoms with Crippen LogP contribution in [-0.2, 0) is 9.22 Å². The molecule has 0 spiro atoms. The highest BCUT2D eigenvalue weighted by Crippen LogP contribution is 2.42. The smallest absolute Gasteiger partial charge is 0.306 e. The summed E-state index contributed by atoms with van der Waals surface area (Å²) in [5.74, 6) is -0.909. The van der Waals surface area contributed by atoms with Gasteiger partial charge < -0.3 is 19.4 Å². The fourth-order valence-electron chi connectivity index (χ4n) is 2.65. The number of ether oxygens (including phenoxy) is 1. The van der Waals surface area contributed by atoms with Gasteiger partial charge in [-0.2, -0.15) is 0 Å². The van der Waals surface area contributed by atoms with Gasteiger partial charge in [-0.3, -0.25) is 4.79 Å². The Balaban J connectivity index is 3.27. The molecule has 0 aliphatic rings. The minimum absolute atomic E-state index is 0.0850. The van der Waals surface area contributed by atoms with E-state index in [0.29, 0.717) is 5.56 Å². The number of rotatable bonds is 9. The lowest BCUT2D eigenvalue weighted by molar-refractivity contribution is -0.139. The third-order valence-electron chi connectivity index (χ3n) is 4.36. The van der Waals surface area contributed by atoms with Gasteiger partial charge in [0.15, 0.2) is 19.8 Å². The van der Waals surface area contributed by atoms with E-state index in [1.54, 1.807) is 12.1 Å². The summed E-state index contributed by atoms with van der Waals surface area (Å²) in [6, 6.07) is 5.93. The lowest BCUT2D eigenvalue weighted by atomic mass is 10.1. The topological polar surface area (TPSA) is 76.0 Å². The lowest BCUT2D eigenvalue weighted by Crippen LogP contribution is -2.37. The first kappa shape index (κ1) is 19.8. The number of carbonyl (C=O) groups is 1. The van der Waals surface area contributed by atoms with E-state index in [1.165, 1.54) is 7.11 Å². The number of aliphatic carboxylic acids is 1. The highest BCUT2D eigenvalue weighted by atomic mass is 35.5. The van der Waals surface area contributed by atoms with Crippen molar-refractivity contribution < 1.29 is 24.2 Å². The highest BCUT2D eigenvalue weighted by Gasteiger charge is 2.34. The summed E-state index contributed by atoms with van der Waals surface area (Å²) in [7, 11) is -0.597. The Labute approximate surface area is 143 Å². The van der Waals surface area contributed by atoms with Crippen molar-refractivity contribution in [1.82, 2.24) is 0 Å². The average Bonchev–Trinajstić information content (AvgIpc) is 2.54. The van der Waals surface area contributed by atoms with Gasteiger partial charge in [0.2, 0.25) is 0 Å². The molecular weight excluding hydrogens is 336 g/mol. The van der Waals surface area contributed by atoms with Crippen LogP contribution in [0.1, 0.15) is 38.9 Å². The van der Waals surface area contributed by atoms with Gasteiger partial charge >= 0.3 is 5.97 Å². The van der Waals surface area contributed by atoms with Crippen LogP contribution in [0, 0.1) is 0 Å². The quantitative estimate of drug-likeness (QED) is 0.630. The van der Waals surface area contributed by atoms with Crippen LogP contribution in [0.25, 0.3) is 0 Å². The van der Waals surface area contributed by atoms with Crippen molar-refractivity contribution in [2.24, 2.45) is 0 Å². The molecule has 0 unspecified atom stereocenters. The van der Waals surface area contributed by atoms with E-state index in [-0.39, 0.29) is 22.9 Å². The van der Waals surface area contributed by atoms with Crippen LogP contribution >= 0.6 is 11.6 Å². The zero-order valence-electron chi connectivity index (χ0n) is 14.1. The van der Waals surface area contributed by atoms with Crippen LogP contribution in [0.15, 0.2) is 12.1 Å². The van der Waals surface area contributed by atoms with Gasteiger partial charge in [-0.25, -0.2) is 0 Å². The lowest BCUT2D eigenvalue weighted by Gasteiger charge is -2.33. The molecule has 0 saturated heterocycles. The number of carboxylic acid groups (broad SMARTS) is 1. The fourth-order valence-corrected chi connectivity index (χ4v) is 5.74. The van der Waals surface area contributed by atoms with E-state index in [0.717, 1.165) is 18.1 Å². The molecule has 0 fully saturated rings. The molecule has 130 valence electrons. The van der Waals surface area contributed by atoms with Gasteiger partial charge in [0, 0.05) is 5.56 Å². The van der Waals surface area contributed by atoms with Gasteiger partial charge in [0.1, 0.15) is 0 Å². The summed E-state index contributed by atoms with van der Waals surface area (Å²) in [4.78, 5) is 11.3. The molecule has 0 saturated carbocycles. The van der Waals surface area contributed by atoms with Gasteiger partial charge in [-0.05, 0) is 24.2 Å². The summed E-state index contributed by atoms with van der Waals surface area (Å²) in [5.41, 5.74) is 0.486. The molecule has 23 heavy (non-hydrogen) atoms. The number of carboxylic acids is 1. The van der Waals surface area contributed by atoms with Gasteiger partial charge in [0.25, 0.3) is 0 Å². The van der Waals surface area contributed by atoms with E-state index < -0.39 is 20.4 Å². The first-order valence-electron chi connectivity index (χ1n) is 7.79. The summed E-state index contributed by atoms with van der Waals surface area (Å²) < 4.78 is 11.3. The maximum atomic E-state index is 11.3. The predicted octanol–water partition coefficient (Wildman–Crippen LogP) is 4.59. The molecule has 1 rings (SSSR count). The molecule has 0 aromatic heterocycles. The van der Waals surface area contributed by atoms with Crippen LogP contribution in [0.2, 0.25) is 23.2 Å².